The summed E-state index contributed by atoms with van der Waals surface area (Å²) in [5.74, 6) is 5.49. The smallest absolute Gasteiger partial charge is 0.0214 e. The second-order valence-electron chi connectivity index (χ2n) is 8.21. The molecule has 0 bridgehead atoms. The molecule has 0 aliphatic carbocycles. The van der Waals surface area contributed by atoms with Crippen LogP contribution in [0.2, 0.25) is 0 Å². The fourth-order valence-corrected chi connectivity index (χ4v) is 9.18. The minimum atomic E-state index is 0. The molecule has 0 radical (unpaired) electrons. The van der Waals surface area contributed by atoms with Crippen LogP contribution in [0.1, 0.15) is 47.1 Å². The second-order valence-corrected chi connectivity index (χ2v) is 14.7. The van der Waals surface area contributed by atoms with E-state index in [2.05, 4.69) is 77.9 Å². The summed E-state index contributed by atoms with van der Waals surface area (Å²) in [5.41, 5.74) is 1.48. The molecule has 4 aromatic rings. The third-order valence-corrected chi connectivity index (χ3v) is 11.1. The molecule has 0 nitrogen and oxygen atoms in total. The average molecular weight is 591 g/mol. The molecule has 4 aromatic carbocycles. The standard InChI is InChI=1S/C30H36S5.H2S/c1-7-19-13-20-21(14-26(19)31-8-2)23-16-28(33-10-4)30(35-12-6)18-25(23)24-17-29(34-11-5)27(32-9-3)15-22(20)24;/h13-18H,7-12H2,1-6H3;1H2. The number of benzene rings is 4. The van der Waals surface area contributed by atoms with Gasteiger partial charge in [0.25, 0.3) is 0 Å². The highest BCUT2D eigenvalue weighted by Crippen LogP contribution is 2.45. The quantitative estimate of drug-likeness (QED) is 0.125. The molecular weight excluding hydrogens is 553 g/mol. The van der Waals surface area contributed by atoms with Gasteiger partial charge in [-0.3, -0.25) is 0 Å². The van der Waals surface area contributed by atoms with Crippen molar-refractivity contribution in [3.05, 3.63) is 42.0 Å². The largest absolute Gasteiger partial charge is 0.197 e. The van der Waals surface area contributed by atoms with Gasteiger partial charge in [0.05, 0.1) is 0 Å². The Labute approximate surface area is 246 Å². The van der Waals surface area contributed by atoms with Crippen LogP contribution in [0.15, 0.2) is 60.9 Å². The van der Waals surface area contributed by atoms with Crippen molar-refractivity contribution >= 4 is 105 Å². The van der Waals surface area contributed by atoms with Crippen molar-refractivity contribution in [2.75, 3.05) is 28.8 Å². The Kier molecular flexibility index (Phi) is 12.0. The Balaban J connectivity index is 0.00000361. The van der Waals surface area contributed by atoms with E-state index in [1.54, 1.807) is 0 Å². The third kappa shape index (κ3) is 6.15. The monoisotopic (exact) mass is 590 g/mol. The van der Waals surface area contributed by atoms with Gasteiger partial charge in [0.2, 0.25) is 0 Å². The SMILES string of the molecule is CCSc1cc2c(cc1CC)c1cc(SCC)c(SCC)cc1c1cc(SCC)c(SCC)cc21.S. The maximum atomic E-state index is 2.50. The first-order chi connectivity index (χ1) is 17.1. The molecule has 0 spiro atoms. The van der Waals surface area contributed by atoms with Crippen molar-refractivity contribution in [3.63, 3.8) is 0 Å². The summed E-state index contributed by atoms with van der Waals surface area (Å²) >= 11 is 9.90. The van der Waals surface area contributed by atoms with Crippen LogP contribution >= 0.6 is 72.3 Å². The van der Waals surface area contributed by atoms with Crippen LogP contribution in [-0.4, -0.2) is 28.8 Å². The van der Waals surface area contributed by atoms with E-state index >= 15 is 0 Å². The fourth-order valence-electron chi connectivity index (χ4n) is 4.72. The summed E-state index contributed by atoms with van der Waals surface area (Å²) < 4.78 is 0. The maximum absolute atomic E-state index is 2.50. The normalized spacial score (nSPS) is 11.5. The Morgan fingerprint density at radius 3 is 0.917 bits per heavy atom. The Morgan fingerprint density at radius 2 is 0.639 bits per heavy atom. The molecule has 0 N–H and O–H groups in total. The molecule has 194 valence electrons. The lowest BCUT2D eigenvalue weighted by atomic mass is 9.93. The first-order valence-corrected chi connectivity index (χ1v) is 17.7. The van der Waals surface area contributed by atoms with E-state index in [1.165, 1.54) is 62.4 Å². The minimum Gasteiger partial charge on any atom is -0.197 e. The number of hydrogen-bond donors (Lipinski definition) is 0. The van der Waals surface area contributed by atoms with Gasteiger partial charge < -0.3 is 0 Å². The third-order valence-electron chi connectivity index (χ3n) is 6.12. The van der Waals surface area contributed by atoms with Crippen LogP contribution in [0.25, 0.3) is 32.3 Å². The zero-order chi connectivity index (χ0) is 24.9. The minimum absolute atomic E-state index is 0. The molecule has 0 heterocycles. The molecule has 0 fully saturated rings. The Morgan fingerprint density at radius 1 is 0.389 bits per heavy atom. The molecule has 0 unspecified atom stereocenters. The van der Waals surface area contributed by atoms with E-state index in [-0.39, 0.29) is 13.5 Å². The first kappa shape index (κ1) is 30.3. The molecule has 0 saturated heterocycles. The number of thioether (sulfide) groups is 5. The summed E-state index contributed by atoms with van der Waals surface area (Å²) in [6, 6.07) is 15.0. The number of hydrogen-bond acceptors (Lipinski definition) is 5. The van der Waals surface area contributed by atoms with Crippen molar-refractivity contribution in [1.82, 2.24) is 0 Å². The van der Waals surface area contributed by atoms with Crippen molar-refractivity contribution in [1.29, 1.82) is 0 Å². The van der Waals surface area contributed by atoms with Crippen LogP contribution in [0, 0.1) is 0 Å². The lowest BCUT2D eigenvalue weighted by Crippen LogP contribution is -1.93. The van der Waals surface area contributed by atoms with Gasteiger partial charge in [-0.15, -0.1) is 58.8 Å². The van der Waals surface area contributed by atoms with E-state index in [1.807, 2.05) is 58.8 Å². The molecule has 0 aliphatic heterocycles. The van der Waals surface area contributed by atoms with Gasteiger partial charge in [-0.1, -0.05) is 41.5 Å². The highest BCUT2D eigenvalue weighted by Gasteiger charge is 2.17. The topological polar surface area (TPSA) is 0 Å². The predicted octanol–water partition coefficient (Wildman–Crippen LogP) is 11.4. The van der Waals surface area contributed by atoms with Crippen LogP contribution in [0.3, 0.4) is 0 Å². The van der Waals surface area contributed by atoms with Gasteiger partial charge >= 0.3 is 0 Å². The summed E-state index contributed by atoms with van der Waals surface area (Å²) in [7, 11) is 0. The van der Waals surface area contributed by atoms with Gasteiger partial charge in [-0.2, -0.15) is 13.5 Å². The van der Waals surface area contributed by atoms with Crippen molar-refractivity contribution in [3.8, 4) is 0 Å². The highest BCUT2D eigenvalue weighted by molar-refractivity contribution is 8.02. The van der Waals surface area contributed by atoms with E-state index in [0.717, 1.165) is 35.2 Å². The zero-order valence-corrected chi connectivity index (χ0v) is 27.3. The number of fused-ring (bicyclic) bond motifs is 6. The van der Waals surface area contributed by atoms with Gasteiger partial charge in [-0.25, -0.2) is 0 Å². The van der Waals surface area contributed by atoms with E-state index in [0.29, 0.717) is 0 Å². The molecule has 4 rings (SSSR count). The molecule has 0 atom stereocenters. The molecule has 0 aliphatic rings. The fraction of sp³-hybridized carbons (Fsp3) is 0.400. The summed E-state index contributed by atoms with van der Waals surface area (Å²) in [6.07, 6.45) is 1.07. The second kappa shape index (κ2) is 14.2. The predicted molar refractivity (Wildman–Crippen MR) is 181 cm³/mol. The van der Waals surface area contributed by atoms with Crippen LogP contribution in [0.5, 0.6) is 0 Å². The molecule has 0 saturated carbocycles. The summed E-state index contributed by atoms with van der Waals surface area (Å²) in [6.45, 7) is 13.6. The highest BCUT2D eigenvalue weighted by atomic mass is 32.2. The van der Waals surface area contributed by atoms with Crippen LogP contribution < -0.4 is 0 Å². The van der Waals surface area contributed by atoms with Crippen molar-refractivity contribution in [2.45, 2.75) is 72.4 Å². The van der Waals surface area contributed by atoms with Gasteiger partial charge in [0.1, 0.15) is 0 Å². The van der Waals surface area contributed by atoms with E-state index in [9.17, 15) is 0 Å². The van der Waals surface area contributed by atoms with E-state index < -0.39 is 0 Å². The number of aryl methyl sites for hydroxylation is 1. The lowest BCUT2D eigenvalue weighted by Gasteiger charge is -2.19. The molecule has 0 aromatic heterocycles. The molecule has 36 heavy (non-hydrogen) atoms. The molecular formula is C30H38S6. The summed E-state index contributed by atoms with van der Waals surface area (Å²) in [5, 5.41) is 8.47. The Hall–Kier alpha value is -0.240. The summed E-state index contributed by atoms with van der Waals surface area (Å²) in [4.78, 5) is 7.16. The van der Waals surface area contributed by atoms with Crippen LogP contribution in [-0.2, 0) is 6.42 Å². The lowest BCUT2D eigenvalue weighted by molar-refractivity contribution is 1.09. The van der Waals surface area contributed by atoms with Gasteiger partial charge in [0, 0.05) is 24.5 Å². The zero-order valence-electron chi connectivity index (χ0n) is 22.2. The van der Waals surface area contributed by atoms with E-state index in [4.69, 9.17) is 0 Å². The number of rotatable bonds is 11. The van der Waals surface area contributed by atoms with Gasteiger partial charge in [0.15, 0.2) is 0 Å². The van der Waals surface area contributed by atoms with Crippen molar-refractivity contribution < 1.29 is 0 Å². The first-order valence-electron chi connectivity index (χ1n) is 12.8. The molecule has 6 heteroatoms. The maximum Gasteiger partial charge on any atom is 0.0214 e. The van der Waals surface area contributed by atoms with Crippen molar-refractivity contribution in [2.24, 2.45) is 0 Å². The van der Waals surface area contributed by atoms with Gasteiger partial charge in [-0.05, 0) is 109 Å². The molecule has 0 amide bonds. The average Bonchev–Trinajstić information content (AvgIpc) is 2.86. The van der Waals surface area contributed by atoms with Crippen LogP contribution in [0.4, 0.5) is 0 Å². The Bertz CT molecular complexity index is 1300.